The van der Waals surface area contributed by atoms with Gasteiger partial charge in [-0.05, 0) is 24.3 Å². The monoisotopic (exact) mass is 330 g/mol. The van der Waals surface area contributed by atoms with Crippen molar-refractivity contribution in [1.82, 2.24) is 15.3 Å². The van der Waals surface area contributed by atoms with E-state index in [1.807, 2.05) is 16.8 Å². The van der Waals surface area contributed by atoms with E-state index in [2.05, 4.69) is 9.97 Å². The highest BCUT2D eigenvalue weighted by atomic mass is 32.1. The summed E-state index contributed by atoms with van der Waals surface area (Å²) < 4.78 is 37.6. The number of anilines is 1. The standard InChI is InChI=1S/C13H13F3N4OS/c14-13(15,16)6-17-12(21)9-2-1-4-20(9)11-10-8(3-5-22-10)18-7-19-11/h3,5,7,9H,1-2,4,6H2,(H,17,21)/t9-/m1/s1. The molecule has 3 heterocycles. The van der Waals surface area contributed by atoms with E-state index in [4.69, 9.17) is 0 Å². The lowest BCUT2D eigenvalue weighted by atomic mass is 10.2. The lowest BCUT2D eigenvalue weighted by molar-refractivity contribution is -0.139. The van der Waals surface area contributed by atoms with Gasteiger partial charge in [0.05, 0.1) is 10.2 Å². The van der Waals surface area contributed by atoms with Gasteiger partial charge < -0.3 is 10.2 Å². The number of carbonyl (C=O) groups excluding carboxylic acids is 1. The van der Waals surface area contributed by atoms with Gasteiger partial charge >= 0.3 is 6.18 Å². The molecule has 0 aliphatic carbocycles. The van der Waals surface area contributed by atoms with Crippen LogP contribution in [0, 0.1) is 0 Å². The average Bonchev–Trinajstić information content (AvgIpc) is 3.11. The molecule has 1 fully saturated rings. The van der Waals surface area contributed by atoms with E-state index < -0.39 is 24.7 Å². The van der Waals surface area contributed by atoms with E-state index in [1.54, 1.807) is 4.90 Å². The molecular weight excluding hydrogens is 317 g/mol. The molecule has 2 aromatic heterocycles. The summed E-state index contributed by atoms with van der Waals surface area (Å²) in [5.41, 5.74) is 0.774. The lowest BCUT2D eigenvalue weighted by Gasteiger charge is -2.25. The maximum Gasteiger partial charge on any atom is 0.405 e. The highest BCUT2D eigenvalue weighted by Gasteiger charge is 2.35. The molecule has 0 bridgehead atoms. The van der Waals surface area contributed by atoms with Crippen LogP contribution in [-0.4, -0.2) is 41.2 Å². The number of fused-ring (bicyclic) bond motifs is 1. The summed E-state index contributed by atoms with van der Waals surface area (Å²) in [6, 6.07) is 1.22. The number of amides is 1. The molecule has 1 N–H and O–H groups in total. The van der Waals surface area contributed by atoms with Crippen LogP contribution >= 0.6 is 11.3 Å². The number of alkyl halides is 3. The minimum atomic E-state index is -4.41. The number of nitrogens with one attached hydrogen (secondary N) is 1. The summed E-state index contributed by atoms with van der Waals surface area (Å²) in [5, 5.41) is 3.83. The molecule has 9 heteroatoms. The van der Waals surface area contributed by atoms with Crippen LogP contribution in [-0.2, 0) is 4.79 Å². The molecule has 22 heavy (non-hydrogen) atoms. The maximum absolute atomic E-state index is 12.2. The lowest BCUT2D eigenvalue weighted by Crippen LogP contribution is -2.46. The second kappa shape index (κ2) is 5.71. The van der Waals surface area contributed by atoms with Crippen molar-refractivity contribution >= 4 is 33.3 Å². The average molecular weight is 330 g/mol. The molecule has 0 spiro atoms. The van der Waals surface area contributed by atoms with Gasteiger partial charge in [0.1, 0.15) is 18.9 Å². The molecule has 0 unspecified atom stereocenters. The van der Waals surface area contributed by atoms with Crippen LogP contribution in [0.3, 0.4) is 0 Å². The van der Waals surface area contributed by atoms with Crippen molar-refractivity contribution in [2.75, 3.05) is 18.0 Å². The van der Waals surface area contributed by atoms with E-state index in [-0.39, 0.29) is 0 Å². The van der Waals surface area contributed by atoms with Gasteiger partial charge in [-0.1, -0.05) is 0 Å². The number of hydrogen-bond donors (Lipinski definition) is 1. The predicted octanol–water partition coefficient (Wildman–Crippen LogP) is 2.34. The van der Waals surface area contributed by atoms with Crippen molar-refractivity contribution in [2.45, 2.75) is 25.1 Å². The van der Waals surface area contributed by atoms with E-state index in [1.165, 1.54) is 17.7 Å². The summed E-state index contributed by atoms with van der Waals surface area (Å²) in [5.74, 6) is 0.00259. The normalized spacial score (nSPS) is 18.9. The number of thiophene rings is 1. The Kier molecular flexibility index (Phi) is 3.90. The summed E-state index contributed by atoms with van der Waals surface area (Å²) in [7, 11) is 0. The molecular formula is C13H13F3N4OS. The van der Waals surface area contributed by atoms with Gasteiger partial charge in [-0.15, -0.1) is 11.3 Å². The predicted molar refractivity (Wildman–Crippen MR) is 76.8 cm³/mol. The van der Waals surface area contributed by atoms with Crippen LogP contribution in [0.15, 0.2) is 17.8 Å². The topological polar surface area (TPSA) is 58.1 Å². The third-order valence-corrected chi connectivity index (χ3v) is 4.41. The Hall–Kier alpha value is -1.90. The highest BCUT2D eigenvalue weighted by Crippen LogP contribution is 2.32. The molecule has 1 atom stereocenters. The summed E-state index contributed by atoms with van der Waals surface area (Å²) in [6.45, 7) is -0.720. The van der Waals surface area contributed by atoms with Crippen molar-refractivity contribution in [3.8, 4) is 0 Å². The fourth-order valence-electron chi connectivity index (χ4n) is 2.58. The Balaban J connectivity index is 1.81. The summed E-state index contributed by atoms with van der Waals surface area (Å²) in [4.78, 5) is 22.2. The van der Waals surface area contributed by atoms with Crippen molar-refractivity contribution in [2.24, 2.45) is 0 Å². The Morgan fingerprint density at radius 3 is 3.05 bits per heavy atom. The maximum atomic E-state index is 12.2. The van der Waals surface area contributed by atoms with Crippen LogP contribution < -0.4 is 10.2 Å². The summed E-state index contributed by atoms with van der Waals surface area (Å²) >= 11 is 1.45. The first-order valence-corrected chi connectivity index (χ1v) is 7.63. The molecule has 1 aliphatic rings. The van der Waals surface area contributed by atoms with Crippen LogP contribution in [0.5, 0.6) is 0 Å². The second-order valence-electron chi connectivity index (χ2n) is 5.02. The van der Waals surface area contributed by atoms with Gasteiger partial charge in [-0.25, -0.2) is 9.97 Å². The molecule has 1 amide bonds. The molecule has 2 aromatic rings. The highest BCUT2D eigenvalue weighted by molar-refractivity contribution is 7.17. The van der Waals surface area contributed by atoms with Crippen molar-refractivity contribution in [3.63, 3.8) is 0 Å². The molecule has 0 aromatic carbocycles. The Morgan fingerprint density at radius 2 is 2.27 bits per heavy atom. The SMILES string of the molecule is O=C(NCC(F)(F)F)[C@H]1CCCN1c1ncnc2ccsc12. The fourth-order valence-corrected chi connectivity index (χ4v) is 3.43. The zero-order chi connectivity index (χ0) is 15.7. The van der Waals surface area contributed by atoms with Gasteiger partial charge in [0, 0.05) is 6.54 Å². The Labute approximate surface area is 128 Å². The van der Waals surface area contributed by atoms with Crippen LogP contribution in [0.1, 0.15) is 12.8 Å². The number of halogens is 3. The number of aromatic nitrogens is 2. The zero-order valence-electron chi connectivity index (χ0n) is 11.4. The minimum Gasteiger partial charge on any atom is -0.345 e. The van der Waals surface area contributed by atoms with Gasteiger partial charge in [-0.2, -0.15) is 13.2 Å². The van der Waals surface area contributed by atoms with E-state index >= 15 is 0 Å². The van der Waals surface area contributed by atoms with Crippen LogP contribution in [0.25, 0.3) is 10.2 Å². The third-order valence-electron chi connectivity index (χ3n) is 3.51. The molecule has 1 aliphatic heterocycles. The molecule has 3 rings (SSSR count). The zero-order valence-corrected chi connectivity index (χ0v) is 12.2. The molecule has 5 nitrogen and oxygen atoms in total. The van der Waals surface area contributed by atoms with Gasteiger partial charge in [0.15, 0.2) is 5.82 Å². The van der Waals surface area contributed by atoms with Gasteiger partial charge in [-0.3, -0.25) is 4.79 Å². The van der Waals surface area contributed by atoms with E-state index in [0.29, 0.717) is 18.8 Å². The summed E-state index contributed by atoms with van der Waals surface area (Å²) in [6.07, 6.45) is -1.75. The molecule has 118 valence electrons. The number of rotatable bonds is 3. The van der Waals surface area contributed by atoms with Crippen molar-refractivity contribution in [1.29, 1.82) is 0 Å². The van der Waals surface area contributed by atoms with Crippen LogP contribution in [0.4, 0.5) is 19.0 Å². The van der Waals surface area contributed by atoms with Crippen LogP contribution in [0.2, 0.25) is 0 Å². The smallest absolute Gasteiger partial charge is 0.345 e. The van der Waals surface area contributed by atoms with Gasteiger partial charge in [0.2, 0.25) is 5.91 Å². The minimum absolute atomic E-state index is 0.514. The van der Waals surface area contributed by atoms with Crippen molar-refractivity contribution < 1.29 is 18.0 Å². The number of nitrogens with zero attached hydrogens (tertiary/aromatic N) is 3. The number of hydrogen-bond acceptors (Lipinski definition) is 5. The van der Waals surface area contributed by atoms with E-state index in [9.17, 15) is 18.0 Å². The fraction of sp³-hybridized carbons (Fsp3) is 0.462. The Bertz CT molecular complexity index is 687. The third kappa shape index (κ3) is 2.99. The molecule has 0 radical (unpaired) electrons. The second-order valence-corrected chi connectivity index (χ2v) is 5.93. The first-order valence-electron chi connectivity index (χ1n) is 6.75. The largest absolute Gasteiger partial charge is 0.405 e. The number of carbonyl (C=O) groups is 1. The molecule has 1 saturated heterocycles. The first kappa shape index (κ1) is 15.0. The molecule has 0 saturated carbocycles. The first-order chi connectivity index (χ1) is 10.5. The quantitative estimate of drug-likeness (QED) is 0.938. The van der Waals surface area contributed by atoms with Gasteiger partial charge in [0.25, 0.3) is 0 Å². The van der Waals surface area contributed by atoms with E-state index in [0.717, 1.165) is 16.6 Å². The Morgan fingerprint density at radius 1 is 1.45 bits per heavy atom. The van der Waals surface area contributed by atoms with Crippen molar-refractivity contribution in [3.05, 3.63) is 17.8 Å².